The average molecular weight is 355 g/mol. The van der Waals surface area contributed by atoms with Gasteiger partial charge >= 0.3 is 0 Å². The van der Waals surface area contributed by atoms with Crippen LogP contribution in [0.15, 0.2) is 22.7 Å². The minimum absolute atomic E-state index is 0.161. The van der Waals surface area contributed by atoms with Crippen molar-refractivity contribution in [3.05, 3.63) is 28.2 Å². The Kier molecular flexibility index (Phi) is 5.33. The Balaban J connectivity index is 2.19. The molecule has 0 saturated carbocycles. The predicted molar refractivity (Wildman–Crippen MR) is 91.8 cm³/mol. The van der Waals surface area contributed by atoms with Gasteiger partial charge in [0, 0.05) is 35.7 Å². The summed E-state index contributed by atoms with van der Waals surface area (Å²) >= 11 is 3.67. The highest BCUT2D eigenvalue weighted by Gasteiger charge is 2.35. The zero-order chi connectivity index (χ0) is 15.6. The molecule has 2 rings (SSSR count). The Labute approximate surface area is 137 Å². The van der Waals surface area contributed by atoms with Crippen molar-refractivity contribution in [2.45, 2.75) is 45.8 Å². The van der Waals surface area contributed by atoms with E-state index in [9.17, 15) is 0 Å². The van der Waals surface area contributed by atoms with Gasteiger partial charge < -0.3 is 10.1 Å². The van der Waals surface area contributed by atoms with Crippen molar-refractivity contribution in [3.8, 4) is 5.75 Å². The molecule has 4 heteroatoms. The van der Waals surface area contributed by atoms with Crippen molar-refractivity contribution < 1.29 is 4.74 Å². The average Bonchev–Trinajstić information content (AvgIpc) is 2.42. The molecule has 0 aliphatic carbocycles. The Morgan fingerprint density at radius 3 is 2.76 bits per heavy atom. The molecule has 0 radical (unpaired) electrons. The lowest BCUT2D eigenvalue weighted by Crippen LogP contribution is -2.62. The van der Waals surface area contributed by atoms with E-state index in [1.807, 2.05) is 6.07 Å². The summed E-state index contributed by atoms with van der Waals surface area (Å²) in [6.45, 7) is 12.2. The van der Waals surface area contributed by atoms with Gasteiger partial charge in [0.05, 0.1) is 7.11 Å². The van der Waals surface area contributed by atoms with Crippen LogP contribution in [-0.4, -0.2) is 36.7 Å². The van der Waals surface area contributed by atoms with Gasteiger partial charge in [-0.3, -0.25) is 4.90 Å². The van der Waals surface area contributed by atoms with E-state index in [0.717, 1.165) is 29.9 Å². The standard InChI is InChI=1S/C17H27BrN2O/c1-12(2)16-10-20(17(3,4)11-19-16)9-13-8-14(21-5)6-7-15(13)18/h6-8,12,16,19H,9-11H2,1-5H3. The van der Waals surface area contributed by atoms with E-state index < -0.39 is 0 Å². The molecule has 1 saturated heterocycles. The quantitative estimate of drug-likeness (QED) is 0.892. The van der Waals surface area contributed by atoms with Gasteiger partial charge in [0.1, 0.15) is 5.75 Å². The molecule has 0 amide bonds. The number of methoxy groups -OCH3 is 1. The van der Waals surface area contributed by atoms with Crippen LogP contribution in [0.3, 0.4) is 0 Å². The van der Waals surface area contributed by atoms with Crippen molar-refractivity contribution in [1.82, 2.24) is 10.2 Å². The molecular formula is C17H27BrN2O. The van der Waals surface area contributed by atoms with Crippen LogP contribution in [0.2, 0.25) is 0 Å². The van der Waals surface area contributed by atoms with Gasteiger partial charge in [0.2, 0.25) is 0 Å². The van der Waals surface area contributed by atoms with Gasteiger partial charge in [-0.15, -0.1) is 0 Å². The second-order valence-electron chi connectivity index (χ2n) is 6.88. The monoisotopic (exact) mass is 354 g/mol. The first-order valence-electron chi connectivity index (χ1n) is 7.64. The molecule has 1 unspecified atom stereocenters. The molecule has 0 bridgehead atoms. The zero-order valence-electron chi connectivity index (χ0n) is 13.7. The van der Waals surface area contributed by atoms with Crippen molar-refractivity contribution >= 4 is 15.9 Å². The number of nitrogens with one attached hydrogen (secondary N) is 1. The van der Waals surface area contributed by atoms with E-state index in [1.54, 1.807) is 7.11 Å². The number of ether oxygens (including phenoxy) is 1. The molecule has 21 heavy (non-hydrogen) atoms. The largest absolute Gasteiger partial charge is 0.497 e. The summed E-state index contributed by atoms with van der Waals surface area (Å²) in [5, 5.41) is 3.68. The SMILES string of the molecule is COc1ccc(Br)c(CN2CC(C(C)C)NCC2(C)C)c1. The van der Waals surface area contributed by atoms with E-state index >= 15 is 0 Å². The number of hydrogen-bond donors (Lipinski definition) is 1. The molecule has 1 fully saturated rings. The second-order valence-corrected chi connectivity index (χ2v) is 7.74. The smallest absolute Gasteiger partial charge is 0.119 e. The maximum Gasteiger partial charge on any atom is 0.119 e. The van der Waals surface area contributed by atoms with E-state index in [0.29, 0.717) is 12.0 Å². The highest BCUT2D eigenvalue weighted by molar-refractivity contribution is 9.10. The van der Waals surface area contributed by atoms with Crippen LogP contribution >= 0.6 is 15.9 Å². The number of rotatable bonds is 4. The van der Waals surface area contributed by atoms with Gasteiger partial charge in [-0.05, 0) is 43.5 Å². The fourth-order valence-corrected chi connectivity index (χ4v) is 3.14. The van der Waals surface area contributed by atoms with Crippen LogP contribution in [0.1, 0.15) is 33.3 Å². The van der Waals surface area contributed by atoms with Crippen LogP contribution in [0.4, 0.5) is 0 Å². The molecule has 1 aromatic rings. The third kappa shape index (κ3) is 3.99. The number of halogens is 1. The fourth-order valence-electron chi connectivity index (χ4n) is 2.77. The Morgan fingerprint density at radius 1 is 1.43 bits per heavy atom. The molecule has 1 aliphatic rings. The highest BCUT2D eigenvalue weighted by Crippen LogP contribution is 2.28. The van der Waals surface area contributed by atoms with E-state index in [4.69, 9.17) is 4.74 Å². The summed E-state index contributed by atoms with van der Waals surface area (Å²) in [4.78, 5) is 2.58. The summed E-state index contributed by atoms with van der Waals surface area (Å²) in [6.07, 6.45) is 0. The Morgan fingerprint density at radius 2 is 2.14 bits per heavy atom. The van der Waals surface area contributed by atoms with Crippen LogP contribution < -0.4 is 10.1 Å². The molecule has 0 aromatic heterocycles. The maximum absolute atomic E-state index is 5.36. The first-order valence-corrected chi connectivity index (χ1v) is 8.43. The number of hydrogen-bond acceptors (Lipinski definition) is 3. The number of benzene rings is 1. The summed E-state index contributed by atoms with van der Waals surface area (Å²) in [5.74, 6) is 1.57. The molecule has 118 valence electrons. The van der Waals surface area contributed by atoms with Gasteiger partial charge in [0.25, 0.3) is 0 Å². The van der Waals surface area contributed by atoms with E-state index in [2.05, 4.69) is 66.0 Å². The summed E-state index contributed by atoms with van der Waals surface area (Å²) in [7, 11) is 1.72. The summed E-state index contributed by atoms with van der Waals surface area (Å²) in [6, 6.07) is 6.76. The van der Waals surface area contributed by atoms with Crippen LogP contribution in [-0.2, 0) is 6.54 Å². The zero-order valence-corrected chi connectivity index (χ0v) is 15.3. The van der Waals surface area contributed by atoms with Crippen LogP contribution in [0.5, 0.6) is 5.75 Å². The number of nitrogens with zero attached hydrogens (tertiary/aromatic N) is 1. The third-order valence-electron chi connectivity index (χ3n) is 4.49. The van der Waals surface area contributed by atoms with E-state index in [-0.39, 0.29) is 5.54 Å². The van der Waals surface area contributed by atoms with Crippen LogP contribution in [0, 0.1) is 5.92 Å². The number of piperazine rings is 1. The van der Waals surface area contributed by atoms with Crippen LogP contribution in [0.25, 0.3) is 0 Å². The Hall–Kier alpha value is -0.580. The lowest BCUT2D eigenvalue weighted by Gasteiger charge is -2.47. The first kappa shape index (κ1) is 16.8. The molecular weight excluding hydrogens is 328 g/mol. The molecule has 1 heterocycles. The van der Waals surface area contributed by atoms with Gasteiger partial charge in [-0.25, -0.2) is 0 Å². The first-order chi connectivity index (χ1) is 9.83. The van der Waals surface area contributed by atoms with Crippen molar-refractivity contribution in [1.29, 1.82) is 0 Å². The molecule has 0 spiro atoms. The summed E-state index contributed by atoms with van der Waals surface area (Å²) < 4.78 is 6.51. The fraction of sp³-hybridized carbons (Fsp3) is 0.647. The normalized spacial score (nSPS) is 22.5. The molecule has 1 aliphatic heterocycles. The predicted octanol–water partition coefficient (Wildman–Crippen LogP) is 3.67. The van der Waals surface area contributed by atoms with Gasteiger partial charge in [-0.2, -0.15) is 0 Å². The minimum atomic E-state index is 0.161. The molecule has 3 nitrogen and oxygen atoms in total. The van der Waals surface area contributed by atoms with Gasteiger partial charge in [0.15, 0.2) is 0 Å². The van der Waals surface area contributed by atoms with Gasteiger partial charge in [-0.1, -0.05) is 29.8 Å². The lowest BCUT2D eigenvalue weighted by atomic mass is 9.92. The summed E-state index contributed by atoms with van der Waals surface area (Å²) in [5.41, 5.74) is 1.44. The third-order valence-corrected chi connectivity index (χ3v) is 5.26. The Bertz CT molecular complexity index is 488. The van der Waals surface area contributed by atoms with Crippen molar-refractivity contribution in [2.24, 2.45) is 5.92 Å². The minimum Gasteiger partial charge on any atom is -0.497 e. The second kappa shape index (κ2) is 6.67. The lowest BCUT2D eigenvalue weighted by molar-refractivity contribution is 0.0472. The van der Waals surface area contributed by atoms with Crippen molar-refractivity contribution in [2.75, 3.05) is 20.2 Å². The topological polar surface area (TPSA) is 24.5 Å². The molecule has 1 N–H and O–H groups in total. The highest BCUT2D eigenvalue weighted by atomic mass is 79.9. The molecule has 1 atom stereocenters. The van der Waals surface area contributed by atoms with Crippen molar-refractivity contribution in [3.63, 3.8) is 0 Å². The maximum atomic E-state index is 5.36. The van der Waals surface area contributed by atoms with E-state index in [1.165, 1.54) is 5.56 Å². The molecule has 1 aromatic carbocycles.